The van der Waals surface area contributed by atoms with E-state index >= 15 is 0 Å². The summed E-state index contributed by atoms with van der Waals surface area (Å²) in [5, 5.41) is 12.1. The van der Waals surface area contributed by atoms with Crippen LogP contribution in [-0.4, -0.2) is 21.7 Å². The van der Waals surface area contributed by atoms with Crippen molar-refractivity contribution in [3.8, 4) is 0 Å². The average molecular weight is 320 g/mol. The van der Waals surface area contributed by atoms with Gasteiger partial charge in [0.2, 0.25) is 5.78 Å². The van der Waals surface area contributed by atoms with E-state index in [1.807, 2.05) is 0 Å². The van der Waals surface area contributed by atoms with Gasteiger partial charge in [0.1, 0.15) is 0 Å². The molecule has 3 aromatic rings. The van der Waals surface area contributed by atoms with Crippen molar-refractivity contribution in [2.24, 2.45) is 0 Å². The molecule has 0 unspecified atom stereocenters. The number of nitrogens with zero attached hydrogens (tertiary/aromatic N) is 1. The highest BCUT2D eigenvalue weighted by Crippen LogP contribution is 2.28. The number of rotatable bonds is 4. The highest BCUT2D eigenvalue weighted by atomic mass is 35.5. The molecule has 0 aliphatic carbocycles. The van der Waals surface area contributed by atoms with Gasteiger partial charge in [0.15, 0.2) is 0 Å². The number of carboxylic acids is 1. The molecule has 5 nitrogen and oxygen atoms in total. The maximum atomic E-state index is 12.5. The van der Waals surface area contributed by atoms with Crippen molar-refractivity contribution in [1.29, 1.82) is 0 Å². The molecule has 3 rings (SSSR count). The number of nitrogens with one attached hydrogen (secondary N) is 1. The van der Waals surface area contributed by atoms with E-state index in [0.29, 0.717) is 26.4 Å². The standard InChI is InChI=1S/C14H9ClN2O3S/c15-7-1-2-10-8(3-7)9(4-12(18)19)13(17-10)14(20)11-5-16-6-21-11/h1-3,5-6,17H,4H2,(H,18,19)/p-1. The van der Waals surface area contributed by atoms with Crippen molar-refractivity contribution in [3.05, 3.63) is 51.1 Å². The number of ketones is 1. The van der Waals surface area contributed by atoms with Gasteiger partial charge >= 0.3 is 0 Å². The van der Waals surface area contributed by atoms with Crippen LogP contribution in [0.1, 0.15) is 20.9 Å². The molecule has 0 spiro atoms. The van der Waals surface area contributed by atoms with E-state index < -0.39 is 5.97 Å². The largest absolute Gasteiger partial charge is 0.550 e. The van der Waals surface area contributed by atoms with Crippen LogP contribution in [-0.2, 0) is 11.2 Å². The molecule has 0 saturated carbocycles. The van der Waals surface area contributed by atoms with Gasteiger partial charge < -0.3 is 14.9 Å². The Kier molecular flexibility index (Phi) is 3.48. The molecule has 0 fully saturated rings. The lowest BCUT2D eigenvalue weighted by Crippen LogP contribution is -2.25. The van der Waals surface area contributed by atoms with Crippen LogP contribution in [0.4, 0.5) is 0 Å². The first-order chi connectivity index (χ1) is 10.1. The van der Waals surface area contributed by atoms with Crippen molar-refractivity contribution < 1.29 is 14.7 Å². The fraction of sp³-hybridized carbons (Fsp3) is 0.0714. The maximum absolute atomic E-state index is 12.5. The monoisotopic (exact) mass is 319 g/mol. The zero-order valence-electron chi connectivity index (χ0n) is 10.6. The Balaban J connectivity index is 2.21. The smallest absolute Gasteiger partial charge is 0.221 e. The van der Waals surface area contributed by atoms with Crippen molar-refractivity contribution in [3.63, 3.8) is 0 Å². The molecular weight excluding hydrogens is 312 g/mol. The van der Waals surface area contributed by atoms with E-state index in [-0.39, 0.29) is 17.9 Å². The number of benzene rings is 1. The summed E-state index contributed by atoms with van der Waals surface area (Å²) < 4.78 is 0. The summed E-state index contributed by atoms with van der Waals surface area (Å²) in [5.41, 5.74) is 2.82. The van der Waals surface area contributed by atoms with Crippen LogP contribution in [0.2, 0.25) is 5.02 Å². The van der Waals surface area contributed by atoms with E-state index in [0.717, 1.165) is 0 Å². The molecule has 2 aromatic heterocycles. The Morgan fingerprint density at radius 1 is 1.38 bits per heavy atom. The van der Waals surface area contributed by atoms with E-state index in [2.05, 4.69) is 9.97 Å². The van der Waals surface area contributed by atoms with Gasteiger partial charge in [0.25, 0.3) is 0 Å². The Morgan fingerprint density at radius 3 is 2.86 bits per heavy atom. The van der Waals surface area contributed by atoms with Crippen LogP contribution >= 0.6 is 22.9 Å². The third kappa shape index (κ3) is 2.55. The zero-order valence-corrected chi connectivity index (χ0v) is 12.1. The fourth-order valence-electron chi connectivity index (χ4n) is 2.19. The number of carboxylic acid groups (broad SMARTS) is 1. The first-order valence-corrected chi connectivity index (χ1v) is 7.25. The maximum Gasteiger partial charge on any atom is 0.221 e. The third-order valence-electron chi connectivity index (χ3n) is 3.07. The van der Waals surface area contributed by atoms with Crippen LogP contribution in [0.15, 0.2) is 29.9 Å². The predicted molar refractivity (Wildman–Crippen MR) is 77.6 cm³/mol. The van der Waals surface area contributed by atoms with Crippen LogP contribution in [0, 0.1) is 0 Å². The van der Waals surface area contributed by atoms with Crippen molar-refractivity contribution in [1.82, 2.24) is 9.97 Å². The second-order valence-electron chi connectivity index (χ2n) is 4.41. The summed E-state index contributed by atoms with van der Waals surface area (Å²) in [6.45, 7) is 0. The molecule has 2 heterocycles. The summed E-state index contributed by atoms with van der Waals surface area (Å²) in [6.07, 6.45) is 1.09. The van der Waals surface area contributed by atoms with Gasteiger partial charge in [-0.2, -0.15) is 0 Å². The van der Waals surface area contributed by atoms with Gasteiger partial charge in [-0.3, -0.25) is 9.78 Å². The average Bonchev–Trinajstić information content (AvgIpc) is 3.06. The normalized spacial score (nSPS) is 10.9. The highest BCUT2D eigenvalue weighted by Gasteiger charge is 2.20. The van der Waals surface area contributed by atoms with Gasteiger partial charge in [0.05, 0.1) is 16.1 Å². The molecule has 21 heavy (non-hydrogen) atoms. The zero-order chi connectivity index (χ0) is 15.0. The van der Waals surface area contributed by atoms with Crippen LogP contribution in [0.3, 0.4) is 0 Å². The molecule has 0 aliphatic rings. The molecular formula is C14H8ClN2O3S-. The first-order valence-electron chi connectivity index (χ1n) is 5.99. The second kappa shape index (κ2) is 5.31. The van der Waals surface area contributed by atoms with Crippen LogP contribution in [0.5, 0.6) is 0 Å². The third-order valence-corrected chi connectivity index (χ3v) is 4.08. The van der Waals surface area contributed by atoms with Crippen LogP contribution in [0.25, 0.3) is 10.9 Å². The number of halogens is 1. The minimum absolute atomic E-state index is 0.237. The number of fused-ring (bicyclic) bond motifs is 1. The molecule has 1 N–H and O–H groups in total. The Hall–Kier alpha value is -2.18. The number of aliphatic carboxylic acids is 1. The van der Waals surface area contributed by atoms with Gasteiger partial charge in [-0.1, -0.05) is 11.6 Å². The summed E-state index contributed by atoms with van der Waals surface area (Å²) >= 11 is 7.14. The van der Waals surface area contributed by atoms with E-state index in [9.17, 15) is 14.7 Å². The van der Waals surface area contributed by atoms with Crippen molar-refractivity contribution in [2.75, 3.05) is 0 Å². The minimum Gasteiger partial charge on any atom is -0.550 e. The summed E-state index contributed by atoms with van der Waals surface area (Å²) in [5.74, 6) is -1.55. The molecule has 0 aliphatic heterocycles. The van der Waals surface area contributed by atoms with E-state index in [1.165, 1.54) is 17.5 Å². The molecule has 0 atom stereocenters. The Labute approximate surface area is 128 Å². The first kappa shape index (κ1) is 13.8. The molecule has 0 amide bonds. The Bertz CT molecular complexity index is 839. The molecule has 1 aromatic carbocycles. The summed E-state index contributed by atoms with van der Waals surface area (Å²) in [6, 6.07) is 5.01. The molecule has 0 radical (unpaired) electrons. The SMILES string of the molecule is O=C([O-])Cc1c(C(=O)c2cncs2)[nH]c2ccc(Cl)cc12. The number of aromatic nitrogens is 2. The van der Waals surface area contributed by atoms with Crippen molar-refractivity contribution >= 4 is 45.6 Å². The number of carbonyl (C=O) groups is 2. The number of hydrogen-bond acceptors (Lipinski definition) is 5. The lowest BCUT2D eigenvalue weighted by atomic mass is 10.0. The lowest BCUT2D eigenvalue weighted by Gasteiger charge is -2.04. The Morgan fingerprint density at radius 2 is 2.19 bits per heavy atom. The lowest BCUT2D eigenvalue weighted by molar-refractivity contribution is -0.304. The molecule has 0 saturated heterocycles. The van der Waals surface area contributed by atoms with Crippen molar-refractivity contribution in [2.45, 2.75) is 6.42 Å². The topological polar surface area (TPSA) is 85.9 Å². The van der Waals surface area contributed by atoms with Gasteiger partial charge in [-0.25, -0.2) is 0 Å². The molecule has 7 heteroatoms. The van der Waals surface area contributed by atoms with Crippen LogP contribution < -0.4 is 5.11 Å². The number of hydrogen-bond donors (Lipinski definition) is 1. The quantitative estimate of drug-likeness (QED) is 0.743. The summed E-state index contributed by atoms with van der Waals surface area (Å²) in [4.78, 5) is 30.7. The number of aromatic amines is 1. The minimum atomic E-state index is -1.26. The summed E-state index contributed by atoms with van der Waals surface area (Å²) in [7, 11) is 0. The highest BCUT2D eigenvalue weighted by molar-refractivity contribution is 7.11. The molecule has 106 valence electrons. The van der Waals surface area contributed by atoms with Gasteiger partial charge in [-0.15, -0.1) is 11.3 Å². The number of carbonyl (C=O) groups excluding carboxylic acids is 2. The second-order valence-corrected chi connectivity index (χ2v) is 5.73. The number of H-pyrrole nitrogens is 1. The number of thiazole rings is 1. The van der Waals surface area contributed by atoms with Gasteiger partial charge in [0, 0.05) is 34.5 Å². The van der Waals surface area contributed by atoms with E-state index in [1.54, 1.807) is 23.7 Å². The molecule has 0 bridgehead atoms. The fourth-order valence-corrected chi connectivity index (χ4v) is 2.93. The predicted octanol–water partition coefficient (Wildman–Crippen LogP) is 1.80. The van der Waals surface area contributed by atoms with Gasteiger partial charge in [-0.05, 0) is 23.8 Å². The van der Waals surface area contributed by atoms with E-state index in [4.69, 9.17) is 11.6 Å².